The molecule has 0 saturated carbocycles. The summed E-state index contributed by atoms with van der Waals surface area (Å²) in [6.07, 6.45) is 4.00. The van der Waals surface area contributed by atoms with E-state index in [0.717, 1.165) is 36.8 Å². The lowest BCUT2D eigenvalue weighted by molar-refractivity contribution is 0.0996. The molecule has 1 atom stereocenters. The molecule has 3 N–H and O–H groups in total. The number of halogens is 1. The van der Waals surface area contributed by atoms with Crippen LogP contribution in [0.1, 0.15) is 40.6 Å². The van der Waals surface area contributed by atoms with Gasteiger partial charge in [-0.25, -0.2) is 0 Å². The Balaban J connectivity index is 0.00000324. The lowest BCUT2D eigenvalue weighted by atomic mass is 10.1. The van der Waals surface area contributed by atoms with E-state index in [2.05, 4.69) is 56.2 Å². The highest BCUT2D eigenvalue weighted by molar-refractivity contribution is 14.0. The molecule has 2 heterocycles. The fourth-order valence-corrected chi connectivity index (χ4v) is 4.09. The number of carbonyl (C=O) groups excluding carboxylic acids is 1. The average molecular weight is 573 g/mol. The molecule has 1 unspecified atom stereocenters. The van der Waals surface area contributed by atoms with Gasteiger partial charge in [-0.15, -0.1) is 24.0 Å². The number of nitrogens with one attached hydrogen (secondary N) is 3. The van der Waals surface area contributed by atoms with Crippen LogP contribution in [0.15, 0.2) is 82.4 Å². The molecular weight excluding hydrogens is 541 g/mol. The highest BCUT2D eigenvalue weighted by atomic mass is 127. The fraction of sp³-hybridized carbons (Fsp3) is 0.308. The van der Waals surface area contributed by atoms with E-state index >= 15 is 0 Å². The van der Waals surface area contributed by atoms with Crippen molar-refractivity contribution in [3.05, 3.63) is 89.9 Å². The maximum absolute atomic E-state index is 12.1. The smallest absolute Gasteiger partial charge is 0.291 e. The van der Waals surface area contributed by atoms with Crippen LogP contribution in [0.5, 0.6) is 0 Å². The predicted octanol–water partition coefficient (Wildman–Crippen LogP) is 4.65. The van der Waals surface area contributed by atoms with E-state index in [-0.39, 0.29) is 29.9 Å². The third-order valence-corrected chi connectivity index (χ3v) is 5.87. The Morgan fingerprint density at radius 2 is 1.74 bits per heavy atom. The van der Waals surface area contributed by atoms with Gasteiger partial charge in [-0.3, -0.25) is 14.7 Å². The van der Waals surface area contributed by atoms with Crippen LogP contribution in [0.2, 0.25) is 0 Å². The van der Waals surface area contributed by atoms with E-state index in [1.54, 1.807) is 19.2 Å². The molecule has 180 valence electrons. The van der Waals surface area contributed by atoms with Crippen LogP contribution in [0.25, 0.3) is 0 Å². The molecule has 8 heteroatoms. The quantitative estimate of drug-likeness (QED) is 0.208. The van der Waals surface area contributed by atoms with Gasteiger partial charge < -0.3 is 20.4 Å². The highest BCUT2D eigenvalue weighted by Crippen LogP contribution is 2.24. The Bertz CT molecular complexity index is 1030. The molecule has 1 aliphatic heterocycles. The lowest BCUT2D eigenvalue weighted by Gasteiger charge is -2.29. The Morgan fingerprint density at radius 3 is 2.38 bits per heavy atom. The van der Waals surface area contributed by atoms with E-state index in [9.17, 15) is 4.79 Å². The van der Waals surface area contributed by atoms with Gasteiger partial charge in [0.25, 0.3) is 5.91 Å². The number of carbonyl (C=O) groups is 1. The minimum atomic E-state index is -0.263. The molecule has 34 heavy (non-hydrogen) atoms. The van der Waals surface area contributed by atoms with Crippen LogP contribution in [0.3, 0.4) is 0 Å². The van der Waals surface area contributed by atoms with E-state index in [0.29, 0.717) is 18.3 Å². The summed E-state index contributed by atoms with van der Waals surface area (Å²) < 4.78 is 5.12. The molecule has 0 aliphatic carbocycles. The van der Waals surface area contributed by atoms with Crippen molar-refractivity contribution in [2.24, 2.45) is 4.99 Å². The number of nitrogens with zero attached hydrogens (tertiary/aromatic N) is 2. The molecule has 0 bridgehead atoms. The third kappa shape index (κ3) is 7.07. The summed E-state index contributed by atoms with van der Waals surface area (Å²) in [4.78, 5) is 19.0. The number of benzene rings is 2. The molecule has 1 aromatic heterocycles. The molecule has 1 amide bonds. The van der Waals surface area contributed by atoms with E-state index in [4.69, 9.17) is 4.42 Å². The minimum Gasteiger partial charge on any atom is -0.459 e. The van der Waals surface area contributed by atoms with Crippen molar-refractivity contribution in [1.82, 2.24) is 15.5 Å². The molecule has 7 nitrogen and oxygen atoms in total. The van der Waals surface area contributed by atoms with E-state index in [1.807, 2.05) is 24.3 Å². The summed E-state index contributed by atoms with van der Waals surface area (Å²) in [5.74, 6) is 0.796. The number of hydrogen-bond donors (Lipinski definition) is 3. The molecule has 1 aliphatic rings. The minimum absolute atomic E-state index is 0. The number of aliphatic imine (C=N–C) groups is 1. The monoisotopic (exact) mass is 573 g/mol. The van der Waals surface area contributed by atoms with Gasteiger partial charge in [0.15, 0.2) is 11.7 Å². The second-order valence-corrected chi connectivity index (χ2v) is 8.10. The predicted molar refractivity (Wildman–Crippen MR) is 147 cm³/mol. The maximum Gasteiger partial charge on any atom is 0.291 e. The first-order chi connectivity index (χ1) is 16.2. The first-order valence-electron chi connectivity index (χ1n) is 11.4. The van der Waals surface area contributed by atoms with Gasteiger partial charge in [-0.1, -0.05) is 42.5 Å². The standard InChI is InChI=1S/C26H31N5O2.HI/c1-27-26(29-19-23(31-15-5-6-16-31)21-8-3-2-4-9-21)28-18-20-11-13-22(14-12-20)30-25(32)24-10-7-17-33-24;/h2-4,7-14,17,23H,5-6,15-16,18-19H2,1H3,(H,30,32)(H2,27,28,29);1H. The molecule has 0 radical (unpaired) electrons. The van der Waals surface area contributed by atoms with Crippen molar-refractivity contribution in [3.8, 4) is 0 Å². The first kappa shape index (κ1) is 25.8. The van der Waals surface area contributed by atoms with Crippen LogP contribution in [-0.4, -0.2) is 43.4 Å². The number of rotatable bonds is 8. The maximum atomic E-state index is 12.1. The number of anilines is 1. The number of hydrogen-bond acceptors (Lipinski definition) is 4. The summed E-state index contributed by atoms with van der Waals surface area (Å²) in [5.41, 5.74) is 3.14. The third-order valence-electron chi connectivity index (χ3n) is 5.87. The second kappa shape index (κ2) is 13.1. The Labute approximate surface area is 218 Å². The summed E-state index contributed by atoms with van der Waals surface area (Å²) in [6.45, 7) is 3.69. The second-order valence-electron chi connectivity index (χ2n) is 8.10. The topological polar surface area (TPSA) is 81.9 Å². The SMILES string of the molecule is CN=C(NCc1ccc(NC(=O)c2ccco2)cc1)NCC(c1ccccc1)N1CCCC1.I. The number of guanidine groups is 1. The molecular formula is C26H32IN5O2. The van der Waals surface area contributed by atoms with E-state index in [1.165, 1.54) is 24.7 Å². The number of amides is 1. The van der Waals surface area contributed by atoms with Crippen molar-refractivity contribution >= 4 is 41.5 Å². The summed E-state index contributed by atoms with van der Waals surface area (Å²) in [5, 5.41) is 9.71. The van der Waals surface area contributed by atoms with Gasteiger partial charge in [0.05, 0.1) is 12.3 Å². The van der Waals surface area contributed by atoms with E-state index < -0.39 is 0 Å². The van der Waals surface area contributed by atoms with Gasteiger partial charge in [0.2, 0.25) is 0 Å². The fourth-order valence-electron chi connectivity index (χ4n) is 4.09. The van der Waals surface area contributed by atoms with Crippen LogP contribution < -0.4 is 16.0 Å². The molecule has 0 spiro atoms. The molecule has 4 rings (SSSR count). The van der Waals surface area contributed by atoms with Crippen molar-refractivity contribution in [1.29, 1.82) is 0 Å². The Hall–Kier alpha value is -2.85. The zero-order valence-electron chi connectivity index (χ0n) is 19.4. The van der Waals surface area contributed by atoms with Gasteiger partial charge in [0.1, 0.15) is 0 Å². The molecule has 1 fully saturated rings. The zero-order valence-corrected chi connectivity index (χ0v) is 21.7. The van der Waals surface area contributed by atoms with Crippen molar-refractivity contribution < 1.29 is 9.21 Å². The molecule has 1 saturated heterocycles. The van der Waals surface area contributed by atoms with Crippen LogP contribution in [0.4, 0.5) is 5.69 Å². The van der Waals surface area contributed by atoms with Gasteiger partial charge in [-0.05, 0) is 61.3 Å². The first-order valence-corrected chi connectivity index (χ1v) is 11.4. The van der Waals surface area contributed by atoms with Crippen molar-refractivity contribution in [3.63, 3.8) is 0 Å². The van der Waals surface area contributed by atoms with Gasteiger partial charge >= 0.3 is 0 Å². The molecule has 2 aromatic carbocycles. The normalized spacial score (nSPS) is 14.8. The Morgan fingerprint density at radius 1 is 1.00 bits per heavy atom. The Kier molecular flexibility index (Phi) is 9.96. The van der Waals surface area contributed by atoms with Crippen LogP contribution >= 0.6 is 24.0 Å². The van der Waals surface area contributed by atoms with Crippen LogP contribution in [0, 0.1) is 0 Å². The van der Waals surface area contributed by atoms with Crippen molar-refractivity contribution in [2.75, 3.05) is 32.0 Å². The summed E-state index contributed by atoms with van der Waals surface area (Å²) >= 11 is 0. The number of furan rings is 1. The van der Waals surface area contributed by atoms with Crippen molar-refractivity contribution in [2.45, 2.75) is 25.4 Å². The molecule has 3 aromatic rings. The lowest BCUT2D eigenvalue weighted by Crippen LogP contribution is -2.42. The van der Waals surface area contributed by atoms with Crippen LogP contribution in [-0.2, 0) is 6.54 Å². The van der Waals surface area contributed by atoms with Gasteiger partial charge in [0, 0.05) is 25.8 Å². The number of likely N-dealkylation sites (tertiary alicyclic amines) is 1. The summed E-state index contributed by atoms with van der Waals surface area (Å²) in [7, 11) is 1.79. The largest absolute Gasteiger partial charge is 0.459 e. The zero-order chi connectivity index (χ0) is 22.9. The average Bonchev–Trinajstić information content (AvgIpc) is 3.58. The highest BCUT2D eigenvalue weighted by Gasteiger charge is 2.23. The summed E-state index contributed by atoms with van der Waals surface area (Å²) in [6, 6.07) is 22.1. The van der Waals surface area contributed by atoms with Gasteiger partial charge in [-0.2, -0.15) is 0 Å².